The van der Waals surface area contributed by atoms with Crippen molar-refractivity contribution in [2.45, 2.75) is 25.9 Å². The van der Waals surface area contributed by atoms with Crippen LogP contribution >= 0.6 is 0 Å². The van der Waals surface area contributed by atoms with Crippen molar-refractivity contribution < 1.29 is 22.8 Å². The van der Waals surface area contributed by atoms with Crippen molar-refractivity contribution in [3.63, 3.8) is 0 Å². The molecule has 1 aromatic heterocycles. The summed E-state index contributed by atoms with van der Waals surface area (Å²) in [7, 11) is 2.61. The molecule has 1 aliphatic heterocycles. The second kappa shape index (κ2) is 8.16. The average Bonchev–Trinajstić information content (AvgIpc) is 3.03. The SMILES string of the molecule is CCOC(=O)c1[nH]c2ccc(N(C)C)cc2c(=O)c1C[NH+](C)[C@H]1CCS(=O)(=O)C1. The molecule has 0 radical (unpaired) electrons. The van der Waals surface area contributed by atoms with E-state index in [1.54, 1.807) is 19.1 Å². The third-order valence-electron chi connectivity index (χ3n) is 5.46. The van der Waals surface area contributed by atoms with Crippen LogP contribution in [-0.2, 0) is 21.1 Å². The van der Waals surface area contributed by atoms with E-state index in [0.717, 1.165) is 10.6 Å². The molecular weight excluding hydrogens is 394 g/mol. The highest BCUT2D eigenvalue weighted by molar-refractivity contribution is 7.91. The Morgan fingerprint density at radius 3 is 2.66 bits per heavy atom. The number of quaternary nitrogens is 1. The van der Waals surface area contributed by atoms with Crippen LogP contribution in [0.5, 0.6) is 0 Å². The van der Waals surface area contributed by atoms with Gasteiger partial charge in [0.2, 0.25) is 0 Å². The van der Waals surface area contributed by atoms with Gasteiger partial charge in [-0.15, -0.1) is 0 Å². The Bertz CT molecular complexity index is 1090. The zero-order valence-electron chi connectivity index (χ0n) is 17.2. The first-order valence-corrected chi connectivity index (χ1v) is 11.5. The quantitative estimate of drug-likeness (QED) is 0.635. The van der Waals surface area contributed by atoms with Crippen LogP contribution in [0.3, 0.4) is 0 Å². The first kappa shape index (κ1) is 21.3. The summed E-state index contributed by atoms with van der Waals surface area (Å²) in [5.74, 6) is -0.311. The summed E-state index contributed by atoms with van der Waals surface area (Å²) in [6, 6.07) is 5.34. The molecule has 0 spiro atoms. The number of rotatable bonds is 6. The van der Waals surface area contributed by atoms with Crippen molar-refractivity contribution in [2.75, 3.05) is 44.2 Å². The van der Waals surface area contributed by atoms with E-state index in [4.69, 9.17) is 4.74 Å². The normalized spacial score (nSPS) is 19.2. The third kappa shape index (κ3) is 4.45. The van der Waals surface area contributed by atoms with Crippen LogP contribution in [0.15, 0.2) is 23.0 Å². The van der Waals surface area contributed by atoms with E-state index < -0.39 is 15.8 Å². The molecule has 1 aliphatic rings. The fraction of sp³-hybridized carbons (Fsp3) is 0.500. The monoisotopic (exact) mass is 422 g/mol. The highest BCUT2D eigenvalue weighted by Gasteiger charge is 2.35. The molecule has 2 atom stereocenters. The molecular formula is C20H28N3O5S+. The number of benzene rings is 1. The predicted octanol–water partition coefficient (Wildman–Crippen LogP) is -0.0274. The van der Waals surface area contributed by atoms with Gasteiger partial charge in [0.15, 0.2) is 15.3 Å². The maximum absolute atomic E-state index is 13.3. The molecule has 0 aliphatic carbocycles. The molecule has 9 heteroatoms. The van der Waals surface area contributed by atoms with Gasteiger partial charge < -0.3 is 19.5 Å². The maximum Gasteiger partial charge on any atom is 0.355 e. The van der Waals surface area contributed by atoms with Gasteiger partial charge in [-0.1, -0.05) is 0 Å². The fourth-order valence-electron chi connectivity index (χ4n) is 3.75. The number of ether oxygens (including phenoxy) is 1. The van der Waals surface area contributed by atoms with E-state index in [2.05, 4.69) is 4.98 Å². The highest BCUT2D eigenvalue weighted by Crippen LogP contribution is 2.19. The Labute approximate surface area is 170 Å². The van der Waals surface area contributed by atoms with Gasteiger partial charge in [-0.3, -0.25) is 4.79 Å². The van der Waals surface area contributed by atoms with Crippen LogP contribution in [0.1, 0.15) is 29.4 Å². The van der Waals surface area contributed by atoms with Crippen molar-refractivity contribution in [1.29, 1.82) is 0 Å². The topological polar surface area (TPSA) is 101 Å². The van der Waals surface area contributed by atoms with Gasteiger partial charge in [-0.05, 0) is 25.1 Å². The number of pyridine rings is 1. The van der Waals surface area contributed by atoms with Crippen LogP contribution in [-0.4, -0.2) is 64.7 Å². The maximum atomic E-state index is 13.3. The molecule has 1 fully saturated rings. The van der Waals surface area contributed by atoms with Crippen LogP contribution in [0.4, 0.5) is 5.69 Å². The minimum absolute atomic E-state index is 0.0988. The molecule has 2 N–H and O–H groups in total. The Balaban J connectivity index is 2.08. The lowest BCUT2D eigenvalue weighted by atomic mass is 10.1. The molecule has 2 heterocycles. The second-order valence-corrected chi connectivity index (χ2v) is 10.0. The summed E-state index contributed by atoms with van der Waals surface area (Å²) in [5, 5.41) is 0.492. The van der Waals surface area contributed by atoms with Crippen LogP contribution in [0.25, 0.3) is 10.9 Å². The Hall–Kier alpha value is -2.39. The largest absolute Gasteiger partial charge is 0.461 e. The summed E-state index contributed by atoms with van der Waals surface area (Å²) < 4.78 is 28.8. The van der Waals surface area contributed by atoms with E-state index in [1.165, 1.54) is 0 Å². The number of H-pyrrole nitrogens is 1. The molecule has 3 rings (SSSR count). The van der Waals surface area contributed by atoms with E-state index in [0.29, 0.717) is 22.9 Å². The number of fused-ring (bicyclic) bond motifs is 1. The van der Waals surface area contributed by atoms with Crippen molar-refractivity contribution in [2.24, 2.45) is 0 Å². The van der Waals surface area contributed by atoms with Crippen molar-refractivity contribution >= 4 is 32.4 Å². The van der Waals surface area contributed by atoms with Gasteiger partial charge >= 0.3 is 5.97 Å². The lowest BCUT2D eigenvalue weighted by Gasteiger charge is -2.21. The van der Waals surface area contributed by atoms with Crippen molar-refractivity contribution in [3.05, 3.63) is 39.7 Å². The molecule has 2 aromatic rings. The fourth-order valence-corrected chi connectivity index (χ4v) is 5.62. The molecule has 8 nitrogen and oxygen atoms in total. The summed E-state index contributed by atoms with van der Waals surface area (Å²) in [6.45, 7) is 2.15. The molecule has 158 valence electrons. The highest BCUT2D eigenvalue weighted by atomic mass is 32.2. The Morgan fingerprint density at radius 2 is 2.07 bits per heavy atom. The van der Waals surface area contributed by atoms with Crippen LogP contribution in [0.2, 0.25) is 0 Å². The van der Waals surface area contributed by atoms with Crippen molar-refractivity contribution in [3.8, 4) is 0 Å². The van der Waals surface area contributed by atoms with E-state index in [1.807, 2.05) is 32.1 Å². The summed E-state index contributed by atoms with van der Waals surface area (Å²) in [4.78, 5) is 31.7. The zero-order chi connectivity index (χ0) is 21.3. The minimum atomic E-state index is -3.03. The minimum Gasteiger partial charge on any atom is -0.461 e. The van der Waals surface area contributed by atoms with Gasteiger partial charge in [0, 0.05) is 31.6 Å². The second-order valence-electron chi connectivity index (χ2n) is 7.78. The number of hydrogen-bond donors (Lipinski definition) is 2. The van der Waals surface area contributed by atoms with Crippen molar-refractivity contribution in [1.82, 2.24) is 4.98 Å². The number of nitrogens with one attached hydrogen (secondary N) is 2. The number of nitrogens with zero attached hydrogens (tertiary/aromatic N) is 1. The zero-order valence-corrected chi connectivity index (χ0v) is 18.1. The molecule has 1 aromatic carbocycles. The number of hydrogen-bond acceptors (Lipinski definition) is 6. The third-order valence-corrected chi connectivity index (χ3v) is 7.23. The lowest BCUT2D eigenvalue weighted by Crippen LogP contribution is -3.12. The molecule has 29 heavy (non-hydrogen) atoms. The average molecular weight is 423 g/mol. The first-order valence-electron chi connectivity index (χ1n) is 9.69. The first-order chi connectivity index (χ1) is 13.6. The van der Waals surface area contributed by atoms with E-state index >= 15 is 0 Å². The standard InChI is InChI=1S/C20H27N3O5S/c1-5-28-20(25)18-16(11-23(4)14-8-9-29(26,27)12-14)19(24)15-10-13(22(2)3)6-7-17(15)21-18/h6-7,10,14H,5,8-9,11-12H2,1-4H3,(H,21,24)/p+1/t14-/m0/s1. The van der Waals surface area contributed by atoms with E-state index in [-0.39, 0.29) is 41.8 Å². The molecule has 1 saturated heterocycles. The Kier molecular flexibility index (Phi) is 6.00. The summed E-state index contributed by atoms with van der Waals surface area (Å²) >= 11 is 0. The van der Waals surface area contributed by atoms with Gasteiger partial charge in [-0.25, -0.2) is 13.2 Å². The molecule has 1 unspecified atom stereocenters. The molecule has 0 amide bonds. The predicted molar refractivity (Wildman–Crippen MR) is 113 cm³/mol. The van der Waals surface area contributed by atoms with Gasteiger partial charge in [0.25, 0.3) is 0 Å². The number of aromatic amines is 1. The summed E-state index contributed by atoms with van der Waals surface area (Å²) in [6.07, 6.45) is 0.555. The molecule has 0 bridgehead atoms. The smallest absolute Gasteiger partial charge is 0.355 e. The number of carbonyl (C=O) groups is 1. The number of esters is 1. The van der Waals surface area contributed by atoms with Gasteiger partial charge in [0.05, 0.1) is 30.5 Å². The van der Waals surface area contributed by atoms with Crippen LogP contribution < -0.4 is 15.2 Å². The summed E-state index contributed by atoms with van der Waals surface area (Å²) in [5.41, 5.74) is 1.68. The van der Waals surface area contributed by atoms with Gasteiger partial charge in [0.1, 0.15) is 24.0 Å². The number of aromatic nitrogens is 1. The van der Waals surface area contributed by atoms with E-state index in [9.17, 15) is 18.0 Å². The number of carbonyl (C=O) groups excluding carboxylic acids is 1. The molecule has 0 saturated carbocycles. The van der Waals surface area contributed by atoms with Crippen LogP contribution in [0, 0.1) is 0 Å². The Morgan fingerprint density at radius 1 is 1.34 bits per heavy atom. The van der Waals surface area contributed by atoms with Gasteiger partial charge in [-0.2, -0.15) is 0 Å². The number of anilines is 1. The lowest BCUT2D eigenvalue weighted by molar-refractivity contribution is -0.916. The number of sulfone groups is 1.